The van der Waals surface area contributed by atoms with Gasteiger partial charge < -0.3 is 15.5 Å². The highest BCUT2D eigenvalue weighted by Gasteiger charge is 2.15. The second kappa shape index (κ2) is 11.2. The fourth-order valence-electron chi connectivity index (χ4n) is 3.89. The summed E-state index contributed by atoms with van der Waals surface area (Å²) in [5.74, 6) is -0.398. The summed E-state index contributed by atoms with van der Waals surface area (Å²) >= 11 is 0. The highest BCUT2D eigenvalue weighted by molar-refractivity contribution is 6.06. The Morgan fingerprint density at radius 3 is 2.00 bits per heavy atom. The van der Waals surface area contributed by atoms with E-state index in [4.69, 9.17) is 0 Å². The number of hydrogen-bond donors (Lipinski definition) is 2. The van der Waals surface area contributed by atoms with Gasteiger partial charge in [0.1, 0.15) is 0 Å². The molecular weight excluding hydrogens is 434 g/mol. The highest BCUT2D eigenvalue weighted by Crippen LogP contribution is 2.24. The van der Waals surface area contributed by atoms with Crippen LogP contribution in [0.25, 0.3) is 11.1 Å². The van der Waals surface area contributed by atoms with Gasteiger partial charge in [-0.15, -0.1) is 0 Å². The Morgan fingerprint density at radius 2 is 1.34 bits per heavy atom. The van der Waals surface area contributed by atoms with Crippen LogP contribution >= 0.6 is 0 Å². The molecule has 0 saturated heterocycles. The molecular formula is C30H29N3O2. The van der Waals surface area contributed by atoms with Gasteiger partial charge in [-0.25, -0.2) is 0 Å². The molecule has 4 rings (SSSR count). The van der Waals surface area contributed by atoms with Crippen LogP contribution in [0, 0.1) is 0 Å². The molecule has 0 radical (unpaired) electrons. The molecule has 0 bridgehead atoms. The lowest BCUT2D eigenvalue weighted by Gasteiger charge is -2.18. The minimum absolute atomic E-state index is 0.173. The summed E-state index contributed by atoms with van der Waals surface area (Å²) in [4.78, 5) is 27.7. The van der Waals surface area contributed by atoms with E-state index in [-0.39, 0.29) is 11.8 Å². The van der Waals surface area contributed by atoms with Gasteiger partial charge in [-0.05, 0) is 53.4 Å². The molecule has 0 atom stereocenters. The van der Waals surface area contributed by atoms with E-state index in [2.05, 4.69) is 10.6 Å². The van der Waals surface area contributed by atoms with E-state index in [1.165, 1.54) is 5.56 Å². The van der Waals surface area contributed by atoms with Gasteiger partial charge in [0.05, 0.1) is 5.56 Å². The van der Waals surface area contributed by atoms with Gasteiger partial charge in [0.25, 0.3) is 11.8 Å². The van der Waals surface area contributed by atoms with Crippen LogP contribution in [0.2, 0.25) is 0 Å². The van der Waals surface area contributed by atoms with Gasteiger partial charge in [0.15, 0.2) is 0 Å². The van der Waals surface area contributed by atoms with Gasteiger partial charge in [0, 0.05) is 37.6 Å². The van der Waals surface area contributed by atoms with Crippen LogP contribution in [0.1, 0.15) is 26.3 Å². The molecule has 0 fully saturated rings. The highest BCUT2D eigenvalue weighted by atomic mass is 16.2. The third-order valence-electron chi connectivity index (χ3n) is 5.78. The SMILES string of the molecule is CN(C)c1ccc(NC(=O)c2ccc(-c3ccccc3)cc2)cc1C(=O)NCCc1ccccc1. The first kappa shape index (κ1) is 23.8. The first-order chi connectivity index (χ1) is 17.0. The Morgan fingerprint density at radius 1 is 0.714 bits per heavy atom. The molecule has 4 aromatic carbocycles. The number of anilines is 2. The number of nitrogens with zero attached hydrogens (tertiary/aromatic N) is 1. The van der Waals surface area contributed by atoms with Crippen molar-refractivity contribution in [1.29, 1.82) is 0 Å². The van der Waals surface area contributed by atoms with Crippen LogP contribution in [0.5, 0.6) is 0 Å². The third-order valence-corrected chi connectivity index (χ3v) is 5.78. The number of benzene rings is 4. The lowest BCUT2D eigenvalue weighted by Crippen LogP contribution is -2.28. The van der Waals surface area contributed by atoms with Crippen LogP contribution in [0.15, 0.2) is 103 Å². The predicted octanol–water partition coefficient (Wildman–Crippen LogP) is 5.64. The molecule has 0 aliphatic heterocycles. The van der Waals surface area contributed by atoms with Gasteiger partial charge >= 0.3 is 0 Å². The molecule has 0 aliphatic carbocycles. The number of nitrogens with one attached hydrogen (secondary N) is 2. The normalized spacial score (nSPS) is 10.5. The zero-order valence-electron chi connectivity index (χ0n) is 20.0. The molecule has 35 heavy (non-hydrogen) atoms. The average molecular weight is 464 g/mol. The Kier molecular flexibility index (Phi) is 7.58. The van der Waals surface area contributed by atoms with E-state index < -0.39 is 0 Å². The van der Waals surface area contributed by atoms with Crippen LogP contribution < -0.4 is 15.5 Å². The Labute approximate surface area is 206 Å². The van der Waals surface area contributed by atoms with Crippen molar-refractivity contribution < 1.29 is 9.59 Å². The Bertz CT molecular complexity index is 1280. The van der Waals surface area contributed by atoms with Crippen molar-refractivity contribution in [3.63, 3.8) is 0 Å². The van der Waals surface area contributed by atoms with Crippen molar-refractivity contribution in [1.82, 2.24) is 5.32 Å². The van der Waals surface area contributed by atoms with Crippen molar-refractivity contribution >= 4 is 23.2 Å². The molecule has 0 aliphatic rings. The van der Waals surface area contributed by atoms with E-state index >= 15 is 0 Å². The fourth-order valence-corrected chi connectivity index (χ4v) is 3.89. The van der Waals surface area contributed by atoms with Gasteiger partial charge in [0.2, 0.25) is 0 Å². The molecule has 0 spiro atoms. The summed E-state index contributed by atoms with van der Waals surface area (Å²) in [7, 11) is 3.78. The maximum atomic E-state index is 13.0. The number of carbonyl (C=O) groups excluding carboxylic acids is 2. The summed E-state index contributed by atoms with van der Waals surface area (Å²) in [5, 5.41) is 5.92. The molecule has 5 heteroatoms. The van der Waals surface area contributed by atoms with Crippen LogP contribution in [0.3, 0.4) is 0 Å². The number of carbonyl (C=O) groups is 2. The van der Waals surface area contributed by atoms with Crippen LogP contribution in [0.4, 0.5) is 11.4 Å². The second-order valence-electron chi connectivity index (χ2n) is 8.52. The number of amides is 2. The first-order valence-corrected chi connectivity index (χ1v) is 11.6. The summed E-state index contributed by atoms with van der Waals surface area (Å²) in [5.41, 5.74) is 5.73. The first-order valence-electron chi connectivity index (χ1n) is 11.6. The summed E-state index contributed by atoms with van der Waals surface area (Å²) in [6.45, 7) is 0.528. The quantitative estimate of drug-likeness (QED) is 0.355. The van der Waals surface area contributed by atoms with Crippen molar-refractivity contribution in [3.8, 4) is 11.1 Å². The molecule has 4 aromatic rings. The monoisotopic (exact) mass is 463 g/mol. The van der Waals surface area contributed by atoms with Crippen molar-refractivity contribution in [2.75, 3.05) is 30.9 Å². The minimum Gasteiger partial charge on any atom is -0.377 e. The predicted molar refractivity (Wildman–Crippen MR) is 143 cm³/mol. The average Bonchev–Trinajstić information content (AvgIpc) is 2.89. The maximum Gasteiger partial charge on any atom is 0.255 e. The van der Waals surface area contributed by atoms with E-state index in [1.54, 1.807) is 6.07 Å². The van der Waals surface area contributed by atoms with Crippen LogP contribution in [-0.2, 0) is 6.42 Å². The molecule has 0 aromatic heterocycles. The lowest BCUT2D eigenvalue weighted by molar-refractivity contribution is 0.0953. The third kappa shape index (κ3) is 6.15. The van der Waals surface area contributed by atoms with Crippen LogP contribution in [-0.4, -0.2) is 32.5 Å². The van der Waals surface area contributed by atoms with Crippen molar-refractivity contribution in [3.05, 3.63) is 120 Å². The van der Waals surface area contributed by atoms with Crippen molar-refractivity contribution in [2.45, 2.75) is 6.42 Å². The molecule has 0 heterocycles. The van der Waals surface area contributed by atoms with E-state index in [1.807, 2.05) is 116 Å². The summed E-state index contributed by atoms with van der Waals surface area (Å²) in [6, 6.07) is 32.9. The standard InChI is InChI=1S/C30H29N3O2/c1-33(2)28-18-17-26(21-27(28)30(35)31-20-19-22-9-5-3-6-10-22)32-29(34)25-15-13-24(14-16-25)23-11-7-4-8-12-23/h3-18,21H,19-20H2,1-2H3,(H,31,35)(H,32,34). The van der Waals surface area contributed by atoms with E-state index in [0.29, 0.717) is 23.4 Å². The smallest absolute Gasteiger partial charge is 0.255 e. The molecule has 2 N–H and O–H groups in total. The molecule has 176 valence electrons. The van der Waals surface area contributed by atoms with Gasteiger partial charge in [-0.2, -0.15) is 0 Å². The minimum atomic E-state index is -0.224. The largest absolute Gasteiger partial charge is 0.377 e. The van der Waals surface area contributed by atoms with Gasteiger partial charge in [-0.3, -0.25) is 9.59 Å². The summed E-state index contributed by atoms with van der Waals surface area (Å²) in [6.07, 6.45) is 0.749. The zero-order chi connectivity index (χ0) is 24.6. The van der Waals surface area contributed by atoms with E-state index in [0.717, 1.165) is 23.2 Å². The lowest BCUT2D eigenvalue weighted by atomic mass is 10.0. The van der Waals surface area contributed by atoms with E-state index in [9.17, 15) is 9.59 Å². The topological polar surface area (TPSA) is 61.4 Å². The Balaban J connectivity index is 1.45. The number of rotatable bonds is 8. The summed E-state index contributed by atoms with van der Waals surface area (Å²) < 4.78 is 0. The van der Waals surface area contributed by atoms with Gasteiger partial charge in [-0.1, -0.05) is 72.8 Å². The number of hydrogen-bond acceptors (Lipinski definition) is 3. The maximum absolute atomic E-state index is 13.0. The second-order valence-corrected chi connectivity index (χ2v) is 8.52. The molecule has 0 unspecified atom stereocenters. The zero-order valence-corrected chi connectivity index (χ0v) is 20.0. The molecule has 5 nitrogen and oxygen atoms in total. The molecule has 2 amide bonds. The van der Waals surface area contributed by atoms with Crippen molar-refractivity contribution in [2.24, 2.45) is 0 Å². The Hall–Kier alpha value is -4.38. The fraction of sp³-hybridized carbons (Fsp3) is 0.133. The molecule has 0 saturated carbocycles.